The summed E-state index contributed by atoms with van der Waals surface area (Å²) < 4.78 is 24.0. The zero-order valence-electron chi connectivity index (χ0n) is 30.5. The Morgan fingerprint density at radius 3 is 2.64 bits per heavy atom. The molecule has 14 heteroatoms. The van der Waals surface area contributed by atoms with E-state index in [1.54, 1.807) is 22.9 Å². The second kappa shape index (κ2) is 17.7. The number of carboxylic acid groups (broad SMARTS) is 1. The van der Waals surface area contributed by atoms with Gasteiger partial charge in [0, 0.05) is 30.8 Å². The topological polar surface area (TPSA) is 184 Å². The molecule has 294 valence electrons. The van der Waals surface area contributed by atoms with Gasteiger partial charge in [0.1, 0.15) is 41.5 Å². The number of H-pyrrole nitrogens is 1. The third-order valence-electron chi connectivity index (χ3n) is 10.5. The summed E-state index contributed by atoms with van der Waals surface area (Å²) in [6.07, 6.45) is 3.80. The molecule has 4 heterocycles. The fourth-order valence-electron chi connectivity index (χ4n) is 7.45. The zero-order valence-corrected chi connectivity index (χ0v) is 32.2. The van der Waals surface area contributed by atoms with E-state index in [-0.39, 0.29) is 58.1 Å². The second-order valence-electron chi connectivity index (χ2n) is 14.2. The highest BCUT2D eigenvalue weighted by atomic mass is 33.1. The number of fused-ring (bicyclic) bond motifs is 2. The minimum Gasteiger partial charge on any atom is -0.508 e. The number of aromatic hydroxyl groups is 1. The number of nitrogens with one attached hydrogen (secondary N) is 2. The number of hydrogen-bond donors (Lipinski definition) is 6. The van der Waals surface area contributed by atoms with Gasteiger partial charge in [0.15, 0.2) is 17.1 Å². The van der Waals surface area contributed by atoms with E-state index in [1.165, 1.54) is 53.0 Å². The van der Waals surface area contributed by atoms with Crippen LogP contribution in [0.15, 0.2) is 113 Å². The average molecular weight is 801 g/mol. The van der Waals surface area contributed by atoms with Crippen LogP contribution in [0.25, 0.3) is 28.2 Å². The number of carbonyl (C=O) groups is 1. The third-order valence-corrected chi connectivity index (χ3v) is 12.6. The van der Waals surface area contributed by atoms with Crippen LogP contribution in [0.5, 0.6) is 11.5 Å². The molecule has 2 aliphatic heterocycles. The second-order valence-corrected chi connectivity index (χ2v) is 16.6. The first-order chi connectivity index (χ1) is 27.1. The molecule has 0 unspecified atom stereocenters. The number of ether oxygens (including phenoxy) is 3. The first-order valence-electron chi connectivity index (χ1n) is 18.3. The van der Waals surface area contributed by atoms with Crippen LogP contribution in [-0.2, 0) is 14.3 Å². The van der Waals surface area contributed by atoms with Crippen molar-refractivity contribution in [3.8, 4) is 22.6 Å². The fraction of sp³-hybridized carbons (Fsp3) is 0.333. The summed E-state index contributed by atoms with van der Waals surface area (Å²) in [5, 5.41) is 47.3. The molecule has 7 rings (SSSR count). The fourth-order valence-corrected chi connectivity index (χ4v) is 9.51. The van der Waals surface area contributed by atoms with Crippen molar-refractivity contribution >= 4 is 44.6 Å². The van der Waals surface area contributed by atoms with Crippen molar-refractivity contribution in [1.82, 2.24) is 10.3 Å². The molecule has 8 atom stereocenters. The lowest BCUT2D eigenvalue weighted by atomic mass is 9.78. The number of aromatic nitrogens is 1. The molecule has 0 spiro atoms. The Morgan fingerprint density at radius 2 is 1.89 bits per heavy atom. The maximum absolute atomic E-state index is 13.4. The molecule has 0 radical (unpaired) electrons. The van der Waals surface area contributed by atoms with Crippen LogP contribution in [0.3, 0.4) is 0 Å². The SMILES string of the molecule is C[C@H](C/C=C/c1ccccc1)[C@H]1CNC[C@]2(O)[C@H](Oc3ccc4c(=O)c(-c5ccc(O)cc5)coc4c3)O[C@H](C(=O)O)[C@@H](O)[C@@H]2OCSSC[C@@H]1c1cc[nH]c1. The van der Waals surface area contributed by atoms with Gasteiger partial charge in [-0.3, -0.25) is 4.79 Å². The Kier molecular flexibility index (Phi) is 12.6. The van der Waals surface area contributed by atoms with E-state index in [4.69, 9.17) is 18.6 Å². The lowest BCUT2D eigenvalue weighted by Gasteiger charge is -2.48. The molecule has 12 nitrogen and oxygen atoms in total. The molecular weight excluding hydrogens is 757 g/mol. The van der Waals surface area contributed by atoms with Crippen molar-refractivity contribution < 1.29 is 43.8 Å². The Hall–Kier alpha value is -4.54. The minimum absolute atomic E-state index is 0.0398. The van der Waals surface area contributed by atoms with E-state index in [1.807, 2.05) is 30.6 Å². The summed E-state index contributed by atoms with van der Waals surface area (Å²) in [4.78, 5) is 29.0. The summed E-state index contributed by atoms with van der Waals surface area (Å²) in [5.74, 6) is -0.0224. The summed E-state index contributed by atoms with van der Waals surface area (Å²) in [6, 6.07) is 22.8. The van der Waals surface area contributed by atoms with Crippen LogP contribution in [0.4, 0.5) is 0 Å². The smallest absolute Gasteiger partial charge is 0.335 e. The first-order valence-corrected chi connectivity index (χ1v) is 20.8. The number of aliphatic carboxylic acids is 1. The van der Waals surface area contributed by atoms with Crippen molar-refractivity contribution in [1.29, 1.82) is 0 Å². The van der Waals surface area contributed by atoms with Crippen molar-refractivity contribution in [3.05, 3.63) is 125 Å². The van der Waals surface area contributed by atoms with Crippen LogP contribution in [0, 0.1) is 11.8 Å². The number of aromatic amines is 1. The van der Waals surface area contributed by atoms with E-state index >= 15 is 0 Å². The molecule has 0 amide bonds. The van der Waals surface area contributed by atoms with E-state index < -0.39 is 36.2 Å². The van der Waals surface area contributed by atoms with Crippen LogP contribution in [0.1, 0.15) is 30.4 Å². The van der Waals surface area contributed by atoms with Crippen LogP contribution in [-0.4, -0.2) is 86.4 Å². The van der Waals surface area contributed by atoms with Gasteiger partial charge in [0.05, 0.1) is 10.9 Å². The van der Waals surface area contributed by atoms with Gasteiger partial charge in [0.2, 0.25) is 6.29 Å². The molecule has 2 fully saturated rings. The Bertz CT molecular complexity index is 2160. The molecule has 5 aromatic rings. The zero-order chi connectivity index (χ0) is 39.2. The molecule has 2 aromatic heterocycles. The number of β-amino-alcohol motifs (C(OH)–C–C–N with tert-alkyl or cyclic N) is 1. The van der Waals surface area contributed by atoms with Crippen molar-refractivity contribution in [2.45, 2.75) is 49.5 Å². The highest BCUT2D eigenvalue weighted by Crippen LogP contribution is 2.41. The number of rotatable bonds is 9. The number of aliphatic hydroxyl groups is 2. The van der Waals surface area contributed by atoms with Gasteiger partial charge < -0.3 is 49.4 Å². The minimum atomic E-state index is -2.08. The van der Waals surface area contributed by atoms with Crippen molar-refractivity contribution in [3.63, 3.8) is 0 Å². The van der Waals surface area contributed by atoms with Gasteiger partial charge in [-0.1, -0.05) is 83.1 Å². The molecule has 2 saturated heterocycles. The summed E-state index contributed by atoms with van der Waals surface area (Å²) in [6.45, 7) is 2.51. The quantitative estimate of drug-likeness (QED) is 0.0923. The maximum atomic E-state index is 13.4. The number of carboxylic acids is 1. The van der Waals surface area contributed by atoms with E-state index in [9.17, 15) is 30.0 Å². The number of phenols is 1. The summed E-state index contributed by atoms with van der Waals surface area (Å²) in [5.41, 5.74) is 0.926. The number of aliphatic hydroxyl groups excluding tert-OH is 1. The molecule has 2 aliphatic rings. The number of hydrogen-bond acceptors (Lipinski definition) is 12. The van der Waals surface area contributed by atoms with E-state index in [2.05, 4.69) is 47.6 Å². The Balaban J connectivity index is 1.17. The lowest BCUT2D eigenvalue weighted by Crippen LogP contribution is -2.72. The summed E-state index contributed by atoms with van der Waals surface area (Å²) in [7, 11) is 3.03. The monoisotopic (exact) mass is 800 g/mol. The standard InChI is InChI=1S/C42H44N2O10S2/c1-25(6-5-9-26-7-3-2-4-8-26)32-20-44-23-42(50)39(52-24-56-55-22-34(32)28-16-17-43-19-28)37(47)38(40(48)49)54-41(42)53-30-14-15-31-35(18-30)51-21-33(36(31)46)27-10-12-29(45)13-11-27/h2-5,7-19,21,25,32,34,37-39,41,43-45,47,50H,6,20,22-24H2,1H3,(H,48,49)/b9-5+/t25-,32-,34-,37-,38+,39+,41-,42-/m1/s1. The molecule has 6 N–H and O–H groups in total. The predicted molar refractivity (Wildman–Crippen MR) is 216 cm³/mol. The van der Waals surface area contributed by atoms with Crippen LogP contribution >= 0.6 is 21.6 Å². The predicted octanol–water partition coefficient (Wildman–Crippen LogP) is 6.24. The largest absolute Gasteiger partial charge is 0.508 e. The van der Waals surface area contributed by atoms with Crippen molar-refractivity contribution in [2.75, 3.05) is 24.8 Å². The van der Waals surface area contributed by atoms with E-state index in [0.717, 1.165) is 17.7 Å². The van der Waals surface area contributed by atoms with Crippen molar-refractivity contribution in [2.24, 2.45) is 11.8 Å². The highest BCUT2D eigenvalue weighted by Gasteiger charge is 2.59. The van der Waals surface area contributed by atoms with Gasteiger partial charge in [-0.25, -0.2) is 4.79 Å². The van der Waals surface area contributed by atoms with Crippen LogP contribution in [0.2, 0.25) is 0 Å². The van der Waals surface area contributed by atoms with Gasteiger partial charge in [0.25, 0.3) is 0 Å². The van der Waals surface area contributed by atoms with Crippen LogP contribution < -0.4 is 15.5 Å². The number of benzene rings is 3. The van der Waals surface area contributed by atoms with Gasteiger partial charge in [-0.15, -0.1) is 0 Å². The maximum Gasteiger partial charge on any atom is 0.335 e. The third kappa shape index (κ3) is 8.71. The van der Waals surface area contributed by atoms with E-state index in [0.29, 0.717) is 17.7 Å². The molecular formula is C42H44N2O10S2. The molecule has 56 heavy (non-hydrogen) atoms. The first kappa shape index (κ1) is 39.7. The lowest BCUT2D eigenvalue weighted by molar-refractivity contribution is -0.316. The Labute approximate surface area is 331 Å². The Morgan fingerprint density at radius 1 is 1.09 bits per heavy atom. The van der Waals surface area contributed by atoms with Gasteiger partial charge in [-0.2, -0.15) is 0 Å². The molecule has 0 saturated carbocycles. The molecule has 0 bridgehead atoms. The average Bonchev–Trinajstić information content (AvgIpc) is 3.73. The van der Waals surface area contributed by atoms with Gasteiger partial charge in [-0.05, 0) is 77.7 Å². The van der Waals surface area contributed by atoms with Gasteiger partial charge >= 0.3 is 5.97 Å². The number of allylic oxidation sites excluding steroid dienone is 1. The highest BCUT2D eigenvalue weighted by molar-refractivity contribution is 8.76. The molecule has 0 aliphatic carbocycles. The summed E-state index contributed by atoms with van der Waals surface area (Å²) >= 11 is 0. The molecule has 3 aromatic carbocycles. The number of phenolic OH excluding ortho intramolecular Hbond substituents is 1. The normalized spacial score (nSPS) is 26.8.